The van der Waals surface area contributed by atoms with E-state index in [1.54, 1.807) is 0 Å². The molecular weight excluding hydrogens is 256 g/mol. The molecule has 2 saturated carbocycles. The summed E-state index contributed by atoms with van der Waals surface area (Å²) in [4.78, 5) is 25.0. The highest BCUT2D eigenvalue weighted by molar-refractivity contribution is 5.80. The third-order valence-electron chi connectivity index (χ3n) is 4.75. The normalized spacial score (nSPS) is 27.2. The summed E-state index contributed by atoms with van der Waals surface area (Å²) < 4.78 is 0. The molecule has 2 unspecified atom stereocenters. The number of hydrogen-bond donors (Lipinski definition) is 2. The Morgan fingerprint density at radius 3 is 2.30 bits per heavy atom. The van der Waals surface area contributed by atoms with Crippen LogP contribution in [0.5, 0.6) is 0 Å². The monoisotopic (exact) mass is 282 g/mol. The first-order valence-electron chi connectivity index (χ1n) is 7.87. The van der Waals surface area contributed by atoms with Crippen LogP contribution >= 0.6 is 0 Å². The van der Waals surface area contributed by atoms with Crippen LogP contribution in [0.4, 0.5) is 4.79 Å². The summed E-state index contributed by atoms with van der Waals surface area (Å²) in [5, 5.41) is 12.1. The van der Waals surface area contributed by atoms with Crippen LogP contribution < -0.4 is 5.32 Å². The van der Waals surface area contributed by atoms with Gasteiger partial charge < -0.3 is 15.3 Å². The van der Waals surface area contributed by atoms with Crippen molar-refractivity contribution < 1.29 is 14.7 Å². The number of carbonyl (C=O) groups is 2. The first kappa shape index (κ1) is 15.1. The maximum Gasteiger partial charge on any atom is 0.323 e. The van der Waals surface area contributed by atoms with Crippen LogP contribution in [0.2, 0.25) is 0 Å². The van der Waals surface area contributed by atoms with E-state index >= 15 is 0 Å². The lowest BCUT2D eigenvalue weighted by Gasteiger charge is -2.34. The summed E-state index contributed by atoms with van der Waals surface area (Å²) in [5.74, 6) is -0.438. The Labute approximate surface area is 120 Å². The topological polar surface area (TPSA) is 69.6 Å². The maximum atomic E-state index is 12.4. The van der Waals surface area contributed by atoms with E-state index in [2.05, 4.69) is 12.2 Å². The van der Waals surface area contributed by atoms with Crippen molar-refractivity contribution >= 4 is 12.0 Å². The third-order valence-corrected chi connectivity index (χ3v) is 4.75. The minimum atomic E-state index is -0.927. The standard InChI is InChI=1S/C15H26N2O3/c1-11-6-2-5-9-13(11)16-15(20)17(10-14(18)19)12-7-3-4-8-12/h11-13H,2-10H2,1H3,(H,16,20)(H,18,19). The van der Waals surface area contributed by atoms with Gasteiger partial charge in [-0.1, -0.05) is 32.6 Å². The quantitative estimate of drug-likeness (QED) is 0.832. The summed E-state index contributed by atoms with van der Waals surface area (Å²) in [6.45, 7) is 1.98. The highest BCUT2D eigenvalue weighted by Gasteiger charge is 2.31. The Hall–Kier alpha value is -1.26. The Kier molecular flexibility index (Phi) is 5.26. The van der Waals surface area contributed by atoms with Crippen molar-refractivity contribution in [3.63, 3.8) is 0 Å². The van der Waals surface area contributed by atoms with E-state index in [9.17, 15) is 9.59 Å². The second-order valence-electron chi connectivity index (χ2n) is 6.28. The molecule has 5 nitrogen and oxygen atoms in total. The summed E-state index contributed by atoms with van der Waals surface area (Å²) in [5.41, 5.74) is 0. The fourth-order valence-corrected chi connectivity index (χ4v) is 3.50. The molecule has 2 aliphatic carbocycles. The van der Waals surface area contributed by atoms with Crippen molar-refractivity contribution in [3.05, 3.63) is 0 Å². The zero-order valence-electron chi connectivity index (χ0n) is 12.3. The lowest BCUT2D eigenvalue weighted by molar-refractivity contribution is -0.138. The molecule has 20 heavy (non-hydrogen) atoms. The molecule has 0 spiro atoms. The number of nitrogens with one attached hydrogen (secondary N) is 1. The Morgan fingerprint density at radius 1 is 1.10 bits per heavy atom. The zero-order chi connectivity index (χ0) is 14.5. The van der Waals surface area contributed by atoms with Crippen molar-refractivity contribution in [2.45, 2.75) is 70.4 Å². The van der Waals surface area contributed by atoms with Gasteiger partial charge in [0.25, 0.3) is 0 Å². The molecule has 2 fully saturated rings. The maximum absolute atomic E-state index is 12.4. The fourth-order valence-electron chi connectivity index (χ4n) is 3.50. The van der Waals surface area contributed by atoms with Gasteiger partial charge in [0.2, 0.25) is 0 Å². The largest absolute Gasteiger partial charge is 0.480 e. The van der Waals surface area contributed by atoms with Crippen molar-refractivity contribution in [1.29, 1.82) is 0 Å². The number of amides is 2. The van der Waals surface area contributed by atoms with E-state index in [4.69, 9.17) is 5.11 Å². The predicted octanol–water partition coefficient (Wildman–Crippen LogP) is 2.60. The van der Waals surface area contributed by atoms with Gasteiger partial charge in [-0.2, -0.15) is 0 Å². The van der Waals surface area contributed by atoms with Crippen LogP contribution in [0, 0.1) is 5.92 Å². The van der Waals surface area contributed by atoms with Crippen molar-refractivity contribution in [3.8, 4) is 0 Å². The molecule has 2 N–H and O–H groups in total. The second kappa shape index (κ2) is 6.95. The molecule has 0 aromatic rings. The highest BCUT2D eigenvalue weighted by Crippen LogP contribution is 2.26. The highest BCUT2D eigenvalue weighted by atomic mass is 16.4. The molecule has 5 heteroatoms. The Morgan fingerprint density at radius 2 is 1.70 bits per heavy atom. The molecule has 0 aromatic carbocycles. The zero-order valence-corrected chi connectivity index (χ0v) is 12.3. The molecule has 0 aromatic heterocycles. The van der Waals surface area contributed by atoms with Crippen LogP contribution in [0.15, 0.2) is 0 Å². The van der Waals surface area contributed by atoms with Crippen LogP contribution in [-0.4, -0.2) is 40.6 Å². The number of nitrogens with zero attached hydrogens (tertiary/aromatic N) is 1. The fraction of sp³-hybridized carbons (Fsp3) is 0.867. The van der Waals surface area contributed by atoms with Gasteiger partial charge in [0, 0.05) is 12.1 Å². The van der Waals surface area contributed by atoms with Gasteiger partial charge >= 0.3 is 12.0 Å². The summed E-state index contributed by atoms with van der Waals surface area (Å²) in [6, 6.07) is 0.122. The third kappa shape index (κ3) is 3.87. The van der Waals surface area contributed by atoms with E-state index in [0.717, 1.165) is 44.9 Å². The van der Waals surface area contributed by atoms with Gasteiger partial charge in [-0.3, -0.25) is 4.79 Å². The van der Waals surface area contributed by atoms with Gasteiger partial charge in [0.1, 0.15) is 6.54 Å². The van der Waals surface area contributed by atoms with Crippen molar-refractivity contribution in [1.82, 2.24) is 10.2 Å². The van der Waals surface area contributed by atoms with Gasteiger partial charge in [-0.25, -0.2) is 4.79 Å². The lowest BCUT2D eigenvalue weighted by atomic mass is 9.86. The molecule has 2 aliphatic rings. The number of hydrogen-bond acceptors (Lipinski definition) is 2. The molecule has 2 rings (SSSR count). The minimum absolute atomic E-state index is 0.102. The molecule has 0 bridgehead atoms. The Bertz CT molecular complexity index is 353. The van der Waals surface area contributed by atoms with Crippen LogP contribution in [0.3, 0.4) is 0 Å². The molecule has 0 heterocycles. The number of carboxylic acids is 1. The summed E-state index contributed by atoms with van der Waals surface area (Å²) in [7, 11) is 0. The molecule has 0 aliphatic heterocycles. The van der Waals surface area contributed by atoms with Crippen LogP contribution in [0.1, 0.15) is 58.3 Å². The number of carbonyl (C=O) groups excluding carboxylic acids is 1. The number of urea groups is 1. The Balaban J connectivity index is 1.96. The molecule has 2 atom stereocenters. The van der Waals surface area contributed by atoms with Gasteiger partial charge in [0.15, 0.2) is 0 Å². The molecule has 2 amide bonds. The number of aliphatic carboxylic acids is 1. The van der Waals surface area contributed by atoms with E-state index in [0.29, 0.717) is 5.92 Å². The SMILES string of the molecule is CC1CCCCC1NC(=O)N(CC(=O)O)C1CCCC1. The van der Waals surface area contributed by atoms with E-state index < -0.39 is 5.97 Å². The van der Waals surface area contributed by atoms with Gasteiger partial charge in [0.05, 0.1) is 0 Å². The summed E-state index contributed by atoms with van der Waals surface area (Å²) in [6.07, 6.45) is 8.59. The molecular formula is C15H26N2O3. The number of carboxylic acid groups (broad SMARTS) is 1. The average Bonchev–Trinajstić information content (AvgIpc) is 2.92. The van der Waals surface area contributed by atoms with Crippen LogP contribution in [-0.2, 0) is 4.79 Å². The number of rotatable bonds is 4. The van der Waals surface area contributed by atoms with Crippen molar-refractivity contribution in [2.75, 3.05) is 6.54 Å². The van der Waals surface area contributed by atoms with Gasteiger partial charge in [-0.15, -0.1) is 0 Å². The van der Waals surface area contributed by atoms with Gasteiger partial charge in [-0.05, 0) is 31.6 Å². The average molecular weight is 282 g/mol. The van der Waals surface area contributed by atoms with E-state index in [-0.39, 0.29) is 24.7 Å². The van der Waals surface area contributed by atoms with E-state index in [1.165, 1.54) is 11.3 Å². The predicted molar refractivity (Wildman–Crippen MR) is 76.5 cm³/mol. The minimum Gasteiger partial charge on any atom is -0.480 e. The molecule has 0 radical (unpaired) electrons. The lowest BCUT2D eigenvalue weighted by Crippen LogP contribution is -2.52. The second-order valence-corrected chi connectivity index (χ2v) is 6.28. The van der Waals surface area contributed by atoms with Crippen molar-refractivity contribution in [2.24, 2.45) is 5.92 Å². The molecule has 0 saturated heterocycles. The molecule has 114 valence electrons. The van der Waals surface area contributed by atoms with E-state index in [1.807, 2.05) is 0 Å². The summed E-state index contributed by atoms with van der Waals surface area (Å²) >= 11 is 0. The first-order chi connectivity index (χ1) is 9.58. The van der Waals surface area contributed by atoms with Crippen LogP contribution in [0.25, 0.3) is 0 Å². The first-order valence-corrected chi connectivity index (χ1v) is 7.87. The smallest absolute Gasteiger partial charge is 0.323 e.